The summed E-state index contributed by atoms with van der Waals surface area (Å²) in [6.07, 6.45) is 3.20. The van der Waals surface area contributed by atoms with Crippen molar-refractivity contribution in [2.45, 2.75) is 30.8 Å². The topological polar surface area (TPSA) is 86.1 Å². The number of aryl methyl sites for hydroxylation is 1. The molecule has 126 valence electrons. The SMILES string of the molecule is Cc1occc1-c1nnc(S[C@H](C)C(=O)NCc2ccco2)n1C. The number of carbonyl (C=O) groups excluding carboxylic acids is 1. The molecule has 3 aromatic rings. The molecule has 0 saturated carbocycles. The van der Waals surface area contributed by atoms with E-state index in [-0.39, 0.29) is 11.2 Å². The van der Waals surface area contributed by atoms with Gasteiger partial charge in [-0.3, -0.25) is 4.79 Å². The molecule has 0 aliphatic carbocycles. The Bertz CT molecular complexity index is 822. The van der Waals surface area contributed by atoms with E-state index in [9.17, 15) is 4.79 Å². The van der Waals surface area contributed by atoms with E-state index in [2.05, 4.69) is 15.5 Å². The highest BCUT2D eigenvalue weighted by Crippen LogP contribution is 2.27. The predicted molar refractivity (Wildman–Crippen MR) is 89.3 cm³/mol. The molecule has 0 spiro atoms. The molecule has 3 heterocycles. The van der Waals surface area contributed by atoms with Gasteiger partial charge in [0.05, 0.1) is 29.9 Å². The van der Waals surface area contributed by atoms with Gasteiger partial charge in [-0.15, -0.1) is 10.2 Å². The molecule has 1 N–H and O–H groups in total. The van der Waals surface area contributed by atoms with Gasteiger partial charge in [-0.1, -0.05) is 11.8 Å². The number of rotatable bonds is 6. The summed E-state index contributed by atoms with van der Waals surface area (Å²) < 4.78 is 12.4. The molecule has 0 aliphatic heterocycles. The third-order valence-corrected chi connectivity index (χ3v) is 4.74. The lowest BCUT2D eigenvalue weighted by Crippen LogP contribution is -2.30. The summed E-state index contributed by atoms with van der Waals surface area (Å²) in [7, 11) is 1.87. The first-order chi connectivity index (χ1) is 11.6. The maximum Gasteiger partial charge on any atom is 0.233 e. The molecule has 3 rings (SSSR count). The maximum atomic E-state index is 12.2. The summed E-state index contributed by atoms with van der Waals surface area (Å²) in [4.78, 5) is 12.2. The molecule has 0 radical (unpaired) electrons. The van der Waals surface area contributed by atoms with E-state index in [1.807, 2.05) is 37.6 Å². The minimum absolute atomic E-state index is 0.0829. The first-order valence-corrected chi connectivity index (χ1v) is 8.35. The number of aromatic nitrogens is 3. The molecule has 0 unspecified atom stereocenters. The molecule has 3 aromatic heterocycles. The van der Waals surface area contributed by atoms with Gasteiger partial charge in [0, 0.05) is 7.05 Å². The summed E-state index contributed by atoms with van der Waals surface area (Å²) in [5.74, 6) is 2.13. The van der Waals surface area contributed by atoms with Gasteiger partial charge < -0.3 is 18.7 Å². The second-order valence-corrected chi connectivity index (χ2v) is 6.62. The minimum Gasteiger partial charge on any atom is -0.469 e. The predicted octanol–water partition coefficient (Wildman–Crippen LogP) is 2.77. The van der Waals surface area contributed by atoms with Crippen LogP contribution in [0.1, 0.15) is 18.4 Å². The van der Waals surface area contributed by atoms with Crippen molar-refractivity contribution in [2.24, 2.45) is 7.05 Å². The van der Waals surface area contributed by atoms with Crippen molar-refractivity contribution in [2.75, 3.05) is 0 Å². The third-order valence-electron chi connectivity index (χ3n) is 3.60. The van der Waals surface area contributed by atoms with Crippen LogP contribution >= 0.6 is 11.8 Å². The average Bonchev–Trinajstić information content (AvgIpc) is 3.29. The molecule has 7 nitrogen and oxygen atoms in total. The summed E-state index contributed by atoms with van der Waals surface area (Å²) in [5.41, 5.74) is 0.895. The number of carbonyl (C=O) groups is 1. The first-order valence-electron chi connectivity index (χ1n) is 7.47. The number of hydrogen-bond acceptors (Lipinski definition) is 6. The lowest BCUT2D eigenvalue weighted by Gasteiger charge is -2.10. The van der Waals surface area contributed by atoms with Gasteiger partial charge >= 0.3 is 0 Å². The highest BCUT2D eigenvalue weighted by atomic mass is 32.2. The monoisotopic (exact) mass is 346 g/mol. The van der Waals surface area contributed by atoms with Crippen molar-refractivity contribution >= 4 is 17.7 Å². The molecule has 1 atom stereocenters. The van der Waals surface area contributed by atoms with E-state index in [0.29, 0.717) is 17.5 Å². The Labute approximate surface area is 143 Å². The minimum atomic E-state index is -0.304. The molecule has 1 amide bonds. The summed E-state index contributed by atoms with van der Waals surface area (Å²) >= 11 is 1.36. The Morgan fingerprint density at radius 1 is 1.33 bits per heavy atom. The number of amides is 1. The van der Waals surface area contributed by atoms with Crippen LogP contribution in [0.25, 0.3) is 11.4 Å². The van der Waals surface area contributed by atoms with Gasteiger partial charge in [0.2, 0.25) is 5.91 Å². The van der Waals surface area contributed by atoms with E-state index in [0.717, 1.165) is 17.1 Å². The van der Waals surface area contributed by atoms with Crippen molar-refractivity contribution in [3.63, 3.8) is 0 Å². The molecule has 8 heteroatoms. The zero-order chi connectivity index (χ0) is 17.1. The van der Waals surface area contributed by atoms with E-state index in [4.69, 9.17) is 8.83 Å². The lowest BCUT2D eigenvalue weighted by atomic mass is 10.2. The van der Waals surface area contributed by atoms with Gasteiger partial charge in [-0.05, 0) is 32.0 Å². The zero-order valence-electron chi connectivity index (χ0n) is 13.6. The van der Waals surface area contributed by atoms with Crippen LogP contribution in [-0.2, 0) is 18.4 Å². The van der Waals surface area contributed by atoms with Crippen LogP contribution in [-0.4, -0.2) is 25.9 Å². The molecule has 0 fully saturated rings. The second-order valence-electron chi connectivity index (χ2n) is 5.31. The molecule has 0 saturated heterocycles. The molecule has 0 aliphatic rings. The Balaban J connectivity index is 1.64. The van der Waals surface area contributed by atoms with Crippen molar-refractivity contribution in [1.82, 2.24) is 20.1 Å². The largest absolute Gasteiger partial charge is 0.469 e. The number of nitrogens with one attached hydrogen (secondary N) is 1. The van der Waals surface area contributed by atoms with E-state index in [1.165, 1.54) is 11.8 Å². The van der Waals surface area contributed by atoms with E-state index in [1.54, 1.807) is 18.6 Å². The molecule has 0 aromatic carbocycles. The van der Waals surface area contributed by atoms with Crippen LogP contribution in [0, 0.1) is 6.92 Å². The van der Waals surface area contributed by atoms with Crippen LogP contribution in [0.4, 0.5) is 0 Å². The Morgan fingerprint density at radius 3 is 2.83 bits per heavy atom. The highest BCUT2D eigenvalue weighted by molar-refractivity contribution is 8.00. The van der Waals surface area contributed by atoms with Crippen LogP contribution in [0.2, 0.25) is 0 Å². The van der Waals surface area contributed by atoms with Gasteiger partial charge in [0.15, 0.2) is 11.0 Å². The number of hydrogen-bond donors (Lipinski definition) is 1. The molecular weight excluding hydrogens is 328 g/mol. The van der Waals surface area contributed by atoms with Crippen molar-refractivity contribution < 1.29 is 13.6 Å². The number of thioether (sulfide) groups is 1. The fraction of sp³-hybridized carbons (Fsp3) is 0.312. The van der Waals surface area contributed by atoms with Gasteiger partial charge in [-0.2, -0.15) is 0 Å². The Hall–Kier alpha value is -2.48. The fourth-order valence-corrected chi connectivity index (χ4v) is 3.05. The van der Waals surface area contributed by atoms with Crippen LogP contribution < -0.4 is 5.32 Å². The number of furan rings is 2. The standard InChI is InChI=1S/C16H18N4O3S/c1-10-13(6-8-22-10)14-18-19-16(20(14)3)24-11(2)15(21)17-9-12-5-4-7-23-12/h4-8,11H,9H2,1-3H3,(H,17,21)/t11-/m1/s1. The Morgan fingerprint density at radius 2 is 2.17 bits per heavy atom. The van der Waals surface area contributed by atoms with Gasteiger partial charge in [-0.25, -0.2) is 0 Å². The smallest absolute Gasteiger partial charge is 0.233 e. The van der Waals surface area contributed by atoms with Gasteiger partial charge in [0.25, 0.3) is 0 Å². The summed E-state index contributed by atoms with van der Waals surface area (Å²) in [6, 6.07) is 5.46. The molecule has 24 heavy (non-hydrogen) atoms. The van der Waals surface area contributed by atoms with Crippen LogP contribution in [0.5, 0.6) is 0 Å². The third kappa shape index (κ3) is 3.38. The molecule has 0 bridgehead atoms. The fourth-order valence-electron chi connectivity index (χ4n) is 2.21. The average molecular weight is 346 g/mol. The summed E-state index contributed by atoms with van der Waals surface area (Å²) in [6.45, 7) is 4.08. The van der Waals surface area contributed by atoms with Crippen molar-refractivity contribution in [3.05, 3.63) is 42.2 Å². The van der Waals surface area contributed by atoms with Crippen molar-refractivity contribution in [3.8, 4) is 11.4 Å². The van der Waals surface area contributed by atoms with E-state index < -0.39 is 0 Å². The van der Waals surface area contributed by atoms with E-state index >= 15 is 0 Å². The normalized spacial score (nSPS) is 12.3. The van der Waals surface area contributed by atoms with Crippen LogP contribution in [0.3, 0.4) is 0 Å². The van der Waals surface area contributed by atoms with Gasteiger partial charge in [0.1, 0.15) is 11.5 Å². The maximum absolute atomic E-state index is 12.2. The Kier molecular flexibility index (Phi) is 4.75. The lowest BCUT2D eigenvalue weighted by molar-refractivity contribution is -0.120. The van der Waals surface area contributed by atoms with Crippen LogP contribution in [0.15, 0.2) is 44.7 Å². The second kappa shape index (κ2) is 6.96. The summed E-state index contributed by atoms with van der Waals surface area (Å²) in [5, 5.41) is 11.6. The quantitative estimate of drug-likeness (QED) is 0.691. The van der Waals surface area contributed by atoms with Crippen molar-refractivity contribution in [1.29, 1.82) is 0 Å². The molecular formula is C16H18N4O3S. The number of nitrogens with zero attached hydrogens (tertiary/aromatic N) is 3. The first kappa shape index (κ1) is 16.4. The highest BCUT2D eigenvalue weighted by Gasteiger charge is 2.20. The zero-order valence-corrected chi connectivity index (χ0v) is 14.5.